The van der Waals surface area contributed by atoms with E-state index in [0.717, 1.165) is 11.5 Å². The number of fused-ring (bicyclic) bond motifs is 1. The van der Waals surface area contributed by atoms with Gasteiger partial charge in [-0.2, -0.15) is 14.6 Å². The van der Waals surface area contributed by atoms with Crippen molar-refractivity contribution in [3.63, 3.8) is 0 Å². The Morgan fingerprint density at radius 2 is 2.41 bits per heavy atom. The van der Waals surface area contributed by atoms with E-state index < -0.39 is 0 Å². The summed E-state index contributed by atoms with van der Waals surface area (Å²) in [6.45, 7) is 2.59. The fraction of sp³-hybridized carbons (Fsp3) is 0.545. The highest BCUT2D eigenvalue weighted by atomic mass is 15.4. The first-order valence-electron chi connectivity index (χ1n) is 5.92. The van der Waals surface area contributed by atoms with Gasteiger partial charge in [-0.05, 0) is 25.7 Å². The van der Waals surface area contributed by atoms with Crippen LogP contribution in [0.4, 0.5) is 5.82 Å². The van der Waals surface area contributed by atoms with Gasteiger partial charge < -0.3 is 11.1 Å². The predicted molar refractivity (Wildman–Crippen MR) is 64.7 cm³/mol. The van der Waals surface area contributed by atoms with E-state index in [0.29, 0.717) is 24.3 Å². The van der Waals surface area contributed by atoms with Crippen LogP contribution in [0.3, 0.4) is 0 Å². The number of hydrogen-bond donors (Lipinski definition) is 2. The summed E-state index contributed by atoms with van der Waals surface area (Å²) >= 11 is 0. The summed E-state index contributed by atoms with van der Waals surface area (Å²) in [4.78, 5) is 8.41. The Bertz CT molecular complexity index is 530. The zero-order valence-corrected chi connectivity index (χ0v) is 9.80. The average Bonchev–Trinajstić information content (AvgIpc) is 3.04. The van der Waals surface area contributed by atoms with Gasteiger partial charge in [0.15, 0.2) is 0 Å². The van der Waals surface area contributed by atoms with Crippen LogP contribution in [0.1, 0.15) is 18.5 Å². The number of hydrogen-bond acceptors (Lipinski definition) is 5. The fourth-order valence-electron chi connectivity index (χ4n) is 2.09. The molecule has 0 spiro atoms. The van der Waals surface area contributed by atoms with E-state index in [2.05, 4.69) is 20.4 Å². The largest absolute Gasteiger partial charge is 0.366 e. The summed E-state index contributed by atoms with van der Waals surface area (Å²) in [7, 11) is 0. The zero-order chi connectivity index (χ0) is 11.8. The second-order valence-electron chi connectivity index (χ2n) is 4.58. The molecular formula is C11H16N6. The maximum absolute atomic E-state index is 5.80. The number of aryl methyl sites for hydroxylation is 1. The molecule has 0 aliphatic heterocycles. The molecule has 3 rings (SSSR count). The monoisotopic (exact) mass is 232 g/mol. The van der Waals surface area contributed by atoms with Crippen LogP contribution < -0.4 is 11.1 Å². The minimum Gasteiger partial charge on any atom is -0.366 e. The lowest BCUT2D eigenvalue weighted by molar-refractivity contribution is 0.638. The van der Waals surface area contributed by atoms with E-state index in [1.165, 1.54) is 19.2 Å². The lowest BCUT2D eigenvalue weighted by Crippen LogP contribution is -2.31. The summed E-state index contributed by atoms with van der Waals surface area (Å²) in [6, 6.07) is 2.30. The minimum atomic E-state index is 0.323. The standard InChI is InChI=1S/C11H16N6/c1-7-4-10(16-9(5-12)8-2-3-8)17-11(15-7)13-6-14-17/h4,6,8-9,16H,2-3,5,12H2,1H3. The van der Waals surface area contributed by atoms with Gasteiger partial charge in [-0.25, -0.2) is 4.98 Å². The van der Waals surface area contributed by atoms with E-state index in [1.807, 2.05) is 13.0 Å². The van der Waals surface area contributed by atoms with Crippen molar-refractivity contribution in [3.05, 3.63) is 18.1 Å². The van der Waals surface area contributed by atoms with E-state index >= 15 is 0 Å². The van der Waals surface area contributed by atoms with Crippen LogP contribution in [0.5, 0.6) is 0 Å². The molecule has 0 radical (unpaired) electrons. The highest BCUT2D eigenvalue weighted by Gasteiger charge is 2.30. The third-order valence-corrected chi connectivity index (χ3v) is 3.16. The second kappa shape index (κ2) is 3.96. The number of rotatable bonds is 4. The number of anilines is 1. The van der Waals surface area contributed by atoms with Crippen LogP contribution in [-0.4, -0.2) is 32.2 Å². The highest BCUT2D eigenvalue weighted by Crippen LogP contribution is 2.33. The van der Waals surface area contributed by atoms with Crippen LogP contribution in [0.2, 0.25) is 0 Å². The third-order valence-electron chi connectivity index (χ3n) is 3.16. The van der Waals surface area contributed by atoms with Crippen LogP contribution in [0.15, 0.2) is 12.4 Å². The maximum atomic E-state index is 5.80. The molecule has 1 fully saturated rings. The number of nitrogens with two attached hydrogens (primary N) is 1. The van der Waals surface area contributed by atoms with Crippen LogP contribution in [0, 0.1) is 12.8 Å². The normalized spacial score (nSPS) is 17.3. The summed E-state index contributed by atoms with van der Waals surface area (Å²) in [5.74, 6) is 2.25. The lowest BCUT2D eigenvalue weighted by atomic mass is 10.2. The van der Waals surface area contributed by atoms with E-state index in [9.17, 15) is 0 Å². The van der Waals surface area contributed by atoms with E-state index in [4.69, 9.17) is 5.73 Å². The van der Waals surface area contributed by atoms with Crippen molar-refractivity contribution < 1.29 is 0 Å². The van der Waals surface area contributed by atoms with Gasteiger partial charge in [-0.3, -0.25) is 0 Å². The molecule has 1 aliphatic carbocycles. The average molecular weight is 232 g/mol. The molecular weight excluding hydrogens is 216 g/mol. The molecule has 6 heteroatoms. The molecule has 3 N–H and O–H groups in total. The molecule has 0 aromatic carbocycles. The van der Waals surface area contributed by atoms with Gasteiger partial charge in [0.25, 0.3) is 5.78 Å². The smallest absolute Gasteiger partial charge is 0.254 e. The van der Waals surface area contributed by atoms with Gasteiger partial charge in [0.2, 0.25) is 0 Å². The Labute approximate surface area is 99.3 Å². The summed E-state index contributed by atoms with van der Waals surface area (Å²) in [6.07, 6.45) is 4.04. The minimum absolute atomic E-state index is 0.323. The van der Waals surface area contributed by atoms with Gasteiger partial charge in [0.05, 0.1) is 0 Å². The van der Waals surface area contributed by atoms with Crippen LogP contribution in [0.25, 0.3) is 5.78 Å². The summed E-state index contributed by atoms with van der Waals surface area (Å²) in [5, 5.41) is 7.62. The molecule has 2 heterocycles. The molecule has 2 aromatic heterocycles. The number of nitrogens with zero attached hydrogens (tertiary/aromatic N) is 4. The Balaban J connectivity index is 1.95. The number of nitrogens with one attached hydrogen (secondary N) is 1. The molecule has 2 aromatic rings. The highest BCUT2D eigenvalue weighted by molar-refractivity contribution is 5.45. The molecule has 1 saturated carbocycles. The van der Waals surface area contributed by atoms with Crippen molar-refractivity contribution in [3.8, 4) is 0 Å². The zero-order valence-electron chi connectivity index (χ0n) is 9.80. The Morgan fingerprint density at radius 3 is 3.12 bits per heavy atom. The van der Waals surface area contributed by atoms with Crippen molar-refractivity contribution in [2.45, 2.75) is 25.8 Å². The molecule has 90 valence electrons. The van der Waals surface area contributed by atoms with Gasteiger partial charge >= 0.3 is 0 Å². The first kappa shape index (κ1) is 10.5. The van der Waals surface area contributed by atoms with Gasteiger partial charge in [0, 0.05) is 24.3 Å². The Hall–Kier alpha value is -1.69. The first-order valence-corrected chi connectivity index (χ1v) is 5.92. The quantitative estimate of drug-likeness (QED) is 0.806. The molecule has 17 heavy (non-hydrogen) atoms. The van der Waals surface area contributed by atoms with Crippen molar-refractivity contribution in [2.75, 3.05) is 11.9 Å². The van der Waals surface area contributed by atoms with Crippen molar-refractivity contribution in [2.24, 2.45) is 11.7 Å². The first-order chi connectivity index (χ1) is 8.28. The Kier molecular flexibility index (Phi) is 2.44. The third kappa shape index (κ3) is 1.95. The van der Waals surface area contributed by atoms with Gasteiger partial charge in [0.1, 0.15) is 12.1 Å². The fourth-order valence-corrected chi connectivity index (χ4v) is 2.09. The summed E-state index contributed by atoms with van der Waals surface area (Å²) in [5.41, 5.74) is 6.73. The number of aromatic nitrogens is 4. The lowest BCUT2D eigenvalue weighted by Gasteiger charge is -2.17. The summed E-state index contributed by atoms with van der Waals surface area (Å²) < 4.78 is 1.72. The molecule has 0 bridgehead atoms. The predicted octanol–water partition coefficient (Wildman–Crippen LogP) is 0.582. The van der Waals surface area contributed by atoms with E-state index in [-0.39, 0.29) is 0 Å². The SMILES string of the molecule is Cc1cc(NC(CN)C2CC2)n2ncnc2n1. The molecule has 6 nitrogen and oxygen atoms in total. The van der Waals surface area contributed by atoms with Crippen molar-refractivity contribution >= 4 is 11.6 Å². The van der Waals surface area contributed by atoms with Crippen LogP contribution in [-0.2, 0) is 0 Å². The molecule has 0 amide bonds. The van der Waals surface area contributed by atoms with Gasteiger partial charge in [-0.1, -0.05) is 0 Å². The molecule has 0 saturated heterocycles. The molecule has 1 atom stereocenters. The van der Waals surface area contributed by atoms with Crippen molar-refractivity contribution in [1.29, 1.82) is 0 Å². The van der Waals surface area contributed by atoms with E-state index in [1.54, 1.807) is 4.52 Å². The van der Waals surface area contributed by atoms with Crippen molar-refractivity contribution in [1.82, 2.24) is 19.6 Å². The second-order valence-corrected chi connectivity index (χ2v) is 4.58. The molecule has 1 unspecified atom stereocenters. The van der Waals surface area contributed by atoms with Crippen LogP contribution >= 0.6 is 0 Å². The van der Waals surface area contributed by atoms with Gasteiger partial charge in [-0.15, -0.1) is 0 Å². The Morgan fingerprint density at radius 1 is 1.59 bits per heavy atom. The molecule has 1 aliphatic rings. The maximum Gasteiger partial charge on any atom is 0.254 e. The topological polar surface area (TPSA) is 81.1 Å².